The third-order valence-electron chi connectivity index (χ3n) is 10.5. The van der Waals surface area contributed by atoms with Gasteiger partial charge in [-0.3, -0.25) is 0 Å². The first kappa shape index (κ1) is 30.6. The molecule has 0 spiro atoms. The molecule has 0 amide bonds. The van der Waals surface area contributed by atoms with Crippen LogP contribution in [-0.4, -0.2) is 9.13 Å². The second-order valence-corrected chi connectivity index (χ2v) is 18.7. The van der Waals surface area contributed by atoms with Gasteiger partial charge in [0.15, 0.2) is 0 Å². The largest absolute Gasteiger partial charge is 0.308 e. The molecule has 0 fully saturated rings. The highest BCUT2D eigenvalue weighted by molar-refractivity contribution is 7.27. The zero-order valence-corrected chi connectivity index (χ0v) is 32.3. The number of aryl methyl sites for hydroxylation is 4. The van der Waals surface area contributed by atoms with Crippen LogP contribution < -0.4 is 0 Å². The summed E-state index contributed by atoms with van der Waals surface area (Å²) in [5, 5.41) is 5.22. The van der Waals surface area contributed by atoms with Crippen molar-refractivity contribution in [2.75, 3.05) is 0 Å². The highest BCUT2D eigenvalue weighted by atomic mass is 32.1. The molecule has 11 rings (SSSR count). The normalized spacial score (nSPS) is 12.2. The van der Waals surface area contributed by atoms with Crippen LogP contribution in [0.5, 0.6) is 0 Å². The summed E-state index contributed by atoms with van der Waals surface area (Å²) in [5.41, 5.74) is 12.6. The molecule has 0 unspecified atom stereocenters. The lowest BCUT2D eigenvalue weighted by Gasteiger charge is -2.11. The number of hydrogen-bond donors (Lipinski definition) is 0. The van der Waals surface area contributed by atoms with Gasteiger partial charge in [-0.1, -0.05) is 59.7 Å². The molecule has 0 atom stereocenters. The lowest BCUT2D eigenvalue weighted by atomic mass is 10.1. The molecule has 0 saturated heterocycles. The van der Waals surface area contributed by atoms with Gasteiger partial charge in [0, 0.05) is 61.8 Å². The van der Waals surface area contributed by atoms with Gasteiger partial charge in [-0.15, -0.1) is 45.3 Å². The third-order valence-corrected chi connectivity index (χ3v) is 14.9. The second-order valence-electron chi connectivity index (χ2n) is 14.0. The van der Waals surface area contributed by atoms with Crippen molar-refractivity contribution in [1.29, 1.82) is 0 Å². The fourth-order valence-corrected chi connectivity index (χ4v) is 12.2. The van der Waals surface area contributed by atoms with Crippen molar-refractivity contribution in [3.05, 3.63) is 142 Å². The minimum absolute atomic E-state index is 1.20. The Kier molecular flexibility index (Phi) is 6.63. The number of aromatic nitrogens is 2. The molecule has 0 bridgehead atoms. The molecule has 11 aromatic rings. The average Bonchev–Trinajstić information content (AvgIpc) is 4.00. The van der Waals surface area contributed by atoms with Crippen LogP contribution in [0.3, 0.4) is 0 Å². The van der Waals surface area contributed by atoms with Crippen LogP contribution >= 0.6 is 45.3 Å². The molecule has 0 N–H and O–H groups in total. The van der Waals surface area contributed by atoms with Crippen LogP contribution in [0.15, 0.2) is 121 Å². The summed E-state index contributed by atoms with van der Waals surface area (Å²) in [6.07, 6.45) is 0. The number of rotatable bonds is 4. The molecule has 0 aliphatic rings. The molecule has 2 nitrogen and oxygen atoms in total. The fraction of sp³-hybridized carbons (Fsp3) is 0.0870. The molecule has 6 heteroatoms. The van der Waals surface area contributed by atoms with Crippen molar-refractivity contribution in [2.45, 2.75) is 27.7 Å². The standard InChI is InChI=1S/C46H32N2S4/c1-25-5-13-31(14-6-25)47-37-23-36-38(24-35(37)45-43(47)33-17-11-29(21-41(33)51-45)39-19-9-27(3)49-39)48(32-15-7-26(2)8-16-32)44-34-18-12-30(22-42(34)52-46(36)44)40-20-10-28(4)50-40/h5-24H,1-4H3. The monoisotopic (exact) mass is 740 g/mol. The number of fused-ring (bicyclic) bond motifs is 10. The summed E-state index contributed by atoms with van der Waals surface area (Å²) in [6.45, 7) is 8.71. The van der Waals surface area contributed by atoms with E-state index in [1.807, 2.05) is 45.3 Å². The number of thiophene rings is 4. The Morgan fingerprint density at radius 1 is 0.385 bits per heavy atom. The van der Waals surface area contributed by atoms with Gasteiger partial charge in [0.2, 0.25) is 0 Å². The van der Waals surface area contributed by atoms with E-state index in [1.54, 1.807) is 0 Å². The first-order valence-corrected chi connectivity index (χ1v) is 20.8. The molecule has 0 aliphatic carbocycles. The summed E-state index contributed by atoms with van der Waals surface area (Å²) in [6, 6.07) is 46.1. The predicted octanol–water partition coefficient (Wildman–Crippen LogP) is 15.0. The van der Waals surface area contributed by atoms with Crippen LogP contribution in [0.4, 0.5) is 0 Å². The highest BCUT2D eigenvalue weighted by Crippen LogP contribution is 2.49. The Morgan fingerprint density at radius 3 is 1.19 bits per heavy atom. The third kappa shape index (κ3) is 4.51. The maximum Gasteiger partial charge on any atom is 0.0727 e. The first-order valence-electron chi connectivity index (χ1n) is 17.6. The van der Waals surface area contributed by atoms with Crippen molar-refractivity contribution >= 4 is 108 Å². The van der Waals surface area contributed by atoms with Gasteiger partial charge in [0.1, 0.15) is 0 Å². The van der Waals surface area contributed by atoms with Gasteiger partial charge >= 0.3 is 0 Å². The maximum atomic E-state index is 2.52. The van der Waals surface area contributed by atoms with Gasteiger partial charge in [-0.2, -0.15) is 0 Å². The van der Waals surface area contributed by atoms with E-state index in [2.05, 4.69) is 158 Å². The van der Waals surface area contributed by atoms with Crippen molar-refractivity contribution < 1.29 is 0 Å². The second kappa shape index (κ2) is 11.3. The zero-order chi connectivity index (χ0) is 34.8. The van der Waals surface area contributed by atoms with E-state index in [-0.39, 0.29) is 0 Å². The Hall–Kier alpha value is -4.98. The number of nitrogens with zero attached hydrogens (tertiary/aromatic N) is 2. The first-order chi connectivity index (χ1) is 25.4. The maximum absolute atomic E-state index is 2.52. The van der Waals surface area contributed by atoms with Crippen LogP contribution in [0.1, 0.15) is 20.9 Å². The molecular weight excluding hydrogens is 709 g/mol. The predicted molar refractivity (Wildman–Crippen MR) is 231 cm³/mol. The van der Waals surface area contributed by atoms with Gasteiger partial charge in [0.25, 0.3) is 0 Å². The lowest BCUT2D eigenvalue weighted by molar-refractivity contribution is 1.18. The van der Waals surface area contributed by atoms with E-state index >= 15 is 0 Å². The van der Waals surface area contributed by atoms with Gasteiger partial charge in [-0.05, 0) is 112 Å². The zero-order valence-electron chi connectivity index (χ0n) is 29.1. The smallest absolute Gasteiger partial charge is 0.0727 e. The average molecular weight is 741 g/mol. The van der Waals surface area contributed by atoms with E-state index in [1.165, 1.54) is 116 Å². The van der Waals surface area contributed by atoms with E-state index in [9.17, 15) is 0 Å². The van der Waals surface area contributed by atoms with Gasteiger partial charge in [0.05, 0.1) is 31.5 Å². The van der Waals surface area contributed by atoms with Crippen LogP contribution in [0.2, 0.25) is 0 Å². The summed E-state index contributed by atoms with van der Waals surface area (Å²) in [4.78, 5) is 5.33. The number of benzene rings is 5. The molecule has 52 heavy (non-hydrogen) atoms. The summed E-state index contributed by atoms with van der Waals surface area (Å²) < 4.78 is 10.4. The van der Waals surface area contributed by atoms with Crippen molar-refractivity contribution in [1.82, 2.24) is 9.13 Å². The molecule has 0 aliphatic heterocycles. The van der Waals surface area contributed by atoms with Crippen molar-refractivity contribution in [2.24, 2.45) is 0 Å². The Morgan fingerprint density at radius 2 is 0.808 bits per heavy atom. The van der Waals surface area contributed by atoms with Gasteiger partial charge in [-0.25, -0.2) is 0 Å². The SMILES string of the molecule is Cc1ccc(-n2c3cc4c5sc6cc(-c7ccc(C)s7)ccc6c5n(-c5ccc(C)cc5)c4cc3c3sc4cc(-c5ccc(C)s5)ccc4c32)cc1. The van der Waals surface area contributed by atoms with E-state index in [0.717, 1.165) is 0 Å². The Bertz CT molecular complexity index is 2990. The summed E-state index contributed by atoms with van der Waals surface area (Å²) >= 11 is 7.59. The molecule has 250 valence electrons. The van der Waals surface area contributed by atoms with E-state index < -0.39 is 0 Å². The summed E-state index contributed by atoms with van der Waals surface area (Å²) in [5.74, 6) is 0. The van der Waals surface area contributed by atoms with Crippen molar-refractivity contribution in [3.8, 4) is 32.3 Å². The minimum Gasteiger partial charge on any atom is -0.308 e. The van der Waals surface area contributed by atoms with Gasteiger partial charge < -0.3 is 9.13 Å². The topological polar surface area (TPSA) is 9.86 Å². The number of hydrogen-bond acceptors (Lipinski definition) is 4. The van der Waals surface area contributed by atoms with E-state index in [4.69, 9.17) is 0 Å². The van der Waals surface area contributed by atoms with E-state index in [0.29, 0.717) is 0 Å². The molecular formula is C46H32N2S4. The minimum atomic E-state index is 1.20. The summed E-state index contributed by atoms with van der Waals surface area (Å²) in [7, 11) is 0. The lowest BCUT2D eigenvalue weighted by Crippen LogP contribution is -1.95. The molecule has 6 aromatic heterocycles. The Labute approximate surface area is 317 Å². The van der Waals surface area contributed by atoms with Crippen LogP contribution in [0.25, 0.3) is 94.7 Å². The fourth-order valence-electron chi connectivity index (χ4n) is 7.94. The molecule has 5 aromatic carbocycles. The molecule has 6 heterocycles. The highest BCUT2D eigenvalue weighted by Gasteiger charge is 2.24. The van der Waals surface area contributed by atoms with Crippen LogP contribution in [0, 0.1) is 27.7 Å². The molecule has 0 radical (unpaired) electrons. The molecule has 0 saturated carbocycles. The van der Waals surface area contributed by atoms with Crippen LogP contribution in [-0.2, 0) is 0 Å². The van der Waals surface area contributed by atoms with Crippen molar-refractivity contribution in [3.63, 3.8) is 0 Å². The quantitative estimate of drug-likeness (QED) is 0.170. The Balaban J connectivity index is 1.25.